The maximum atomic E-state index is 12.7. The van der Waals surface area contributed by atoms with Gasteiger partial charge in [-0.05, 0) is 56.9 Å². The molecule has 0 spiro atoms. The standard InChI is InChI=1S/C21H17ClN4O2/c1-10-7-13(8-17(22)23-10)18-20(16-6-3-11(2)28-16)26-21-19(25-18)15(27)9-14(24-21)12-4-5-12/h3,6-9,12H,4-5H2,1-2H3,(H,24,26,27). The van der Waals surface area contributed by atoms with Gasteiger partial charge in [0.1, 0.15) is 22.3 Å². The Kier molecular flexibility index (Phi) is 3.84. The minimum atomic E-state index is -0.136. The van der Waals surface area contributed by atoms with E-state index in [9.17, 15) is 4.79 Å². The van der Waals surface area contributed by atoms with Crippen LogP contribution < -0.4 is 5.43 Å². The number of furan rings is 1. The summed E-state index contributed by atoms with van der Waals surface area (Å²) in [5, 5.41) is 0.358. The van der Waals surface area contributed by atoms with E-state index in [0.717, 1.165) is 35.6 Å². The van der Waals surface area contributed by atoms with E-state index in [1.165, 1.54) is 0 Å². The van der Waals surface area contributed by atoms with Crippen molar-refractivity contribution in [2.24, 2.45) is 0 Å². The molecule has 4 heterocycles. The lowest BCUT2D eigenvalue weighted by atomic mass is 10.1. The lowest BCUT2D eigenvalue weighted by Gasteiger charge is -2.10. The number of halogens is 1. The summed E-state index contributed by atoms with van der Waals surface area (Å²) in [6.45, 7) is 3.73. The smallest absolute Gasteiger partial charge is 0.209 e. The van der Waals surface area contributed by atoms with E-state index in [2.05, 4.69) is 15.0 Å². The van der Waals surface area contributed by atoms with Gasteiger partial charge in [-0.25, -0.2) is 15.0 Å². The molecule has 6 nitrogen and oxygen atoms in total. The molecular weight excluding hydrogens is 376 g/mol. The molecule has 0 bridgehead atoms. The fourth-order valence-electron chi connectivity index (χ4n) is 3.39. The molecule has 7 heteroatoms. The Morgan fingerprint density at radius 2 is 1.89 bits per heavy atom. The van der Waals surface area contributed by atoms with Crippen molar-refractivity contribution in [3.05, 3.63) is 62.9 Å². The van der Waals surface area contributed by atoms with E-state index < -0.39 is 0 Å². The Morgan fingerprint density at radius 1 is 1.07 bits per heavy atom. The largest absolute Gasteiger partial charge is 0.460 e. The second-order valence-electron chi connectivity index (χ2n) is 7.21. The predicted molar refractivity (Wildman–Crippen MR) is 108 cm³/mol. The van der Waals surface area contributed by atoms with Crippen LogP contribution in [0.15, 0.2) is 39.5 Å². The normalized spacial score (nSPS) is 14.0. The van der Waals surface area contributed by atoms with Crippen molar-refractivity contribution in [3.8, 4) is 22.7 Å². The first-order valence-corrected chi connectivity index (χ1v) is 9.52. The molecule has 0 atom stereocenters. The number of aromatic amines is 1. The highest BCUT2D eigenvalue weighted by atomic mass is 35.5. The monoisotopic (exact) mass is 392 g/mol. The zero-order chi connectivity index (χ0) is 19.4. The van der Waals surface area contributed by atoms with Crippen LogP contribution >= 0.6 is 11.6 Å². The lowest BCUT2D eigenvalue weighted by molar-refractivity contribution is 0.546. The summed E-state index contributed by atoms with van der Waals surface area (Å²) in [5.74, 6) is 1.77. The highest BCUT2D eigenvalue weighted by molar-refractivity contribution is 6.29. The van der Waals surface area contributed by atoms with Crippen molar-refractivity contribution in [3.63, 3.8) is 0 Å². The van der Waals surface area contributed by atoms with Gasteiger partial charge in [-0.3, -0.25) is 4.79 Å². The van der Waals surface area contributed by atoms with Gasteiger partial charge in [-0.15, -0.1) is 0 Å². The molecule has 4 aromatic rings. The number of hydrogen-bond acceptors (Lipinski definition) is 5. The number of hydrogen-bond donors (Lipinski definition) is 1. The van der Waals surface area contributed by atoms with Gasteiger partial charge in [0.25, 0.3) is 0 Å². The third-order valence-corrected chi connectivity index (χ3v) is 5.06. The van der Waals surface area contributed by atoms with E-state index in [1.54, 1.807) is 12.1 Å². The zero-order valence-corrected chi connectivity index (χ0v) is 16.2. The van der Waals surface area contributed by atoms with E-state index in [4.69, 9.17) is 21.0 Å². The van der Waals surface area contributed by atoms with Gasteiger partial charge in [-0.1, -0.05) is 11.6 Å². The minimum absolute atomic E-state index is 0.136. The number of pyridine rings is 2. The molecule has 1 fully saturated rings. The van der Waals surface area contributed by atoms with Crippen molar-refractivity contribution in [1.82, 2.24) is 19.9 Å². The lowest BCUT2D eigenvalue weighted by Crippen LogP contribution is -2.09. The average Bonchev–Trinajstić information content (AvgIpc) is 3.41. The van der Waals surface area contributed by atoms with E-state index >= 15 is 0 Å². The van der Waals surface area contributed by atoms with Gasteiger partial charge < -0.3 is 9.40 Å². The fourth-order valence-corrected chi connectivity index (χ4v) is 3.64. The minimum Gasteiger partial charge on any atom is -0.460 e. The first kappa shape index (κ1) is 17.1. The molecule has 0 radical (unpaired) electrons. The third kappa shape index (κ3) is 2.99. The molecule has 5 rings (SSSR count). The molecule has 0 aliphatic heterocycles. The summed E-state index contributed by atoms with van der Waals surface area (Å²) in [5.41, 5.74) is 4.15. The van der Waals surface area contributed by atoms with Gasteiger partial charge in [-0.2, -0.15) is 0 Å². The Bertz CT molecular complexity index is 1270. The van der Waals surface area contributed by atoms with Crippen LogP contribution in [0.5, 0.6) is 0 Å². The van der Waals surface area contributed by atoms with Crippen LogP contribution in [-0.2, 0) is 0 Å². The molecule has 1 aliphatic carbocycles. The number of aryl methyl sites for hydroxylation is 2. The van der Waals surface area contributed by atoms with Crippen molar-refractivity contribution in [1.29, 1.82) is 0 Å². The van der Waals surface area contributed by atoms with E-state index in [-0.39, 0.29) is 5.43 Å². The van der Waals surface area contributed by atoms with Crippen LogP contribution in [0.25, 0.3) is 33.9 Å². The molecule has 0 aromatic carbocycles. The Morgan fingerprint density at radius 3 is 2.57 bits per heavy atom. The number of fused-ring (bicyclic) bond motifs is 1. The first-order valence-electron chi connectivity index (χ1n) is 9.14. The Hall–Kier alpha value is -2.99. The van der Waals surface area contributed by atoms with Crippen molar-refractivity contribution < 1.29 is 4.42 Å². The molecule has 0 amide bonds. The number of nitrogens with zero attached hydrogens (tertiary/aromatic N) is 3. The first-order chi connectivity index (χ1) is 13.5. The van der Waals surface area contributed by atoms with Crippen LogP contribution in [0.2, 0.25) is 5.15 Å². The summed E-state index contributed by atoms with van der Waals surface area (Å²) in [6.07, 6.45) is 2.18. The van der Waals surface area contributed by atoms with Crippen molar-refractivity contribution >= 4 is 22.8 Å². The SMILES string of the molecule is Cc1cc(-c2nc3c(=O)cc(C4CC4)[nH]c3nc2-c2ccc(C)o2)cc(Cl)n1. The van der Waals surface area contributed by atoms with Crippen LogP contribution in [0.3, 0.4) is 0 Å². The summed E-state index contributed by atoms with van der Waals surface area (Å²) < 4.78 is 5.82. The Balaban J connectivity index is 1.82. The highest BCUT2D eigenvalue weighted by Gasteiger charge is 2.26. The molecule has 4 aromatic heterocycles. The van der Waals surface area contributed by atoms with Crippen molar-refractivity contribution in [2.45, 2.75) is 32.6 Å². The van der Waals surface area contributed by atoms with Crippen LogP contribution in [0.4, 0.5) is 0 Å². The number of aromatic nitrogens is 4. The summed E-state index contributed by atoms with van der Waals surface area (Å²) >= 11 is 6.16. The number of rotatable bonds is 3. The van der Waals surface area contributed by atoms with Gasteiger partial charge in [0.05, 0.1) is 0 Å². The number of H-pyrrole nitrogens is 1. The Labute approximate surface area is 165 Å². The summed E-state index contributed by atoms with van der Waals surface area (Å²) in [4.78, 5) is 29.7. The maximum Gasteiger partial charge on any atom is 0.209 e. The molecule has 0 saturated heterocycles. The van der Waals surface area contributed by atoms with Gasteiger partial charge >= 0.3 is 0 Å². The maximum absolute atomic E-state index is 12.7. The van der Waals surface area contributed by atoms with Gasteiger partial charge in [0.2, 0.25) is 5.43 Å². The van der Waals surface area contributed by atoms with Crippen LogP contribution in [-0.4, -0.2) is 19.9 Å². The molecule has 28 heavy (non-hydrogen) atoms. The molecule has 1 N–H and O–H groups in total. The third-order valence-electron chi connectivity index (χ3n) is 4.87. The molecule has 1 saturated carbocycles. The fraction of sp³-hybridized carbons (Fsp3) is 0.238. The second kappa shape index (κ2) is 6.27. The summed E-state index contributed by atoms with van der Waals surface area (Å²) in [7, 11) is 0. The summed E-state index contributed by atoms with van der Waals surface area (Å²) in [6, 6.07) is 8.95. The van der Waals surface area contributed by atoms with Gasteiger partial charge in [0.15, 0.2) is 16.9 Å². The molecule has 1 aliphatic rings. The topological polar surface area (TPSA) is 84.7 Å². The molecule has 140 valence electrons. The molecular formula is C21H17ClN4O2. The van der Waals surface area contributed by atoms with Crippen LogP contribution in [0, 0.1) is 13.8 Å². The van der Waals surface area contributed by atoms with Gasteiger partial charge in [0, 0.05) is 23.0 Å². The highest BCUT2D eigenvalue weighted by Crippen LogP contribution is 2.39. The zero-order valence-electron chi connectivity index (χ0n) is 15.4. The van der Waals surface area contributed by atoms with Crippen LogP contribution in [0.1, 0.15) is 35.9 Å². The number of nitrogens with one attached hydrogen (secondary N) is 1. The van der Waals surface area contributed by atoms with E-state index in [1.807, 2.05) is 32.0 Å². The quantitative estimate of drug-likeness (QED) is 0.507. The second-order valence-corrected chi connectivity index (χ2v) is 7.60. The average molecular weight is 393 g/mol. The van der Waals surface area contributed by atoms with E-state index in [0.29, 0.717) is 39.4 Å². The molecule has 0 unspecified atom stereocenters. The predicted octanol–water partition coefficient (Wildman–Crippen LogP) is 4.79. The van der Waals surface area contributed by atoms with Crippen molar-refractivity contribution in [2.75, 3.05) is 0 Å².